The molecule has 0 unspecified atom stereocenters. The van der Waals surface area contributed by atoms with Crippen LogP contribution in [0.5, 0.6) is 23.0 Å². The van der Waals surface area contributed by atoms with E-state index in [1.54, 1.807) is 19.2 Å². The van der Waals surface area contributed by atoms with Crippen molar-refractivity contribution in [1.29, 1.82) is 0 Å². The minimum absolute atomic E-state index is 0.166. The van der Waals surface area contributed by atoms with Crippen LogP contribution in [0.3, 0.4) is 0 Å². The summed E-state index contributed by atoms with van der Waals surface area (Å²) in [5.41, 5.74) is 1.38. The van der Waals surface area contributed by atoms with Crippen LogP contribution in [-0.2, 0) is 0 Å². The highest BCUT2D eigenvalue weighted by atomic mass is 16.5. The van der Waals surface area contributed by atoms with Gasteiger partial charge in [0, 0.05) is 12.1 Å². The molecule has 0 aliphatic heterocycles. The summed E-state index contributed by atoms with van der Waals surface area (Å²) in [6.07, 6.45) is 0. The normalized spacial score (nSPS) is 11.7. The maximum Gasteiger partial charge on any atom is 0.255 e. The van der Waals surface area contributed by atoms with Crippen LogP contribution in [0.2, 0.25) is 0 Å². The Labute approximate surface area is 160 Å². The molecule has 0 saturated carbocycles. The molecule has 1 N–H and O–H groups in total. The molecule has 146 valence electrons. The summed E-state index contributed by atoms with van der Waals surface area (Å²) in [6, 6.07) is 10.8. The molecule has 0 heterocycles. The number of carbonyl (C=O) groups is 1. The molecule has 27 heavy (non-hydrogen) atoms. The van der Waals surface area contributed by atoms with E-state index in [-0.39, 0.29) is 17.9 Å². The summed E-state index contributed by atoms with van der Waals surface area (Å²) < 4.78 is 21.2. The molecule has 0 saturated heterocycles. The minimum atomic E-state index is -0.248. The monoisotopic (exact) mass is 373 g/mol. The first kappa shape index (κ1) is 20.4. The number of hydrogen-bond acceptors (Lipinski definition) is 5. The Balaban J connectivity index is 2.34. The van der Waals surface area contributed by atoms with Gasteiger partial charge in [0.1, 0.15) is 11.5 Å². The van der Waals surface area contributed by atoms with Gasteiger partial charge in [-0.25, -0.2) is 0 Å². The third-order valence-electron chi connectivity index (χ3n) is 4.38. The smallest absolute Gasteiger partial charge is 0.255 e. The maximum absolute atomic E-state index is 13.0. The zero-order chi connectivity index (χ0) is 20.0. The van der Waals surface area contributed by atoms with E-state index in [9.17, 15) is 4.79 Å². The van der Waals surface area contributed by atoms with Crippen molar-refractivity contribution >= 4 is 5.91 Å². The summed E-state index contributed by atoms with van der Waals surface area (Å²) in [5, 5.41) is 3.09. The van der Waals surface area contributed by atoms with Gasteiger partial charge in [-0.2, -0.15) is 0 Å². The maximum atomic E-state index is 13.0. The fourth-order valence-electron chi connectivity index (χ4n) is 2.87. The Hall–Kier alpha value is -2.89. The molecule has 0 aromatic heterocycles. The first-order valence-electron chi connectivity index (χ1n) is 8.70. The summed E-state index contributed by atoms with van der Waals surface area (Å²) in [7, 11) is 6.21. The molecule has 1 amide bonds. The second-order valence-corrected chi connectivity index (χ2v) is 6.38. The van der Waals surface area contributed by atoms with Crippen LogP contribution in [0.4, 0.5) is 0 Å². The molecule has 0 aliphatic rings. The zero-order valence-electron chi connectivity index (χ0n) is 16.7. The number of rotatable bonds is 8. The van der Waals surface area contributed by atoms with Gasteiger partial charge < -0.3 is 24.3 Å². The van der Waals surface area contributed by atoms with Crippen molar-refractivity contribution in [2.45, 2.75) is 19.9 Å². The van der Waals surface area contributed by atoms with E-state index in [4.69, 9.17) is 18.9 Å². The Morgan fingerprint density at radius 3 is 1.85 bits per heavy atom. The van der Waals surface area contributed by atoms with Crippen molar-refractivity contribution in [3.05, 3.63) is 47.5 Å². The van der Waals surface area contributed by atoms with Crippen LogP contribution >= 0.6 is 0 Å². The van der Waals surface area contributed by atoms with E-state index < -0.39 is 0 Å². The highest BCUT2D eigenvalue weighted by Gasteiger charge is 2.23. The van der Waals surface area contributed by atoms with Gasteiger partial charge in [-0.15, -0.1) is 0 Å². The minimum Gasteiger partial charge on any atom is -0.497 e. The second-order valence-electron chi connectivity index (χ2n) is 6.38. The molecule has 0 fully saturated rings. The van der Waals surface area contributed by atoms with Gasteiger partial charge in [0.2, 0.25) is 0 Å². The predicted molar refractivity (Wildman–Crippen MR) is 104 cm³/mol. The van der Waals surface area contributed by atoms with Crippen molar-refractivity contribution in [3.63, 3.8) is 0 Å². The Bertz CT molecular complexity index is 771. The predicted octanol–water partition coefficient (Wildman–Crippen LogP) is 3.85. The summed E-state index contributed by atoms with van der Waals surface area (Å²) >= 11 is 0. The Morgan fingerprint density at radius 2 is 1.37 bits per heavy atom. The van der Waals surface area contributed by atoms with Gasteiger partial charge in [0.15, 0.2) is 11.5 Å². The average molecular weight is 373 g/mol. The topological polar surface area (TPSA) is 66.0 Å². The quantitative estimate of drug-likeness (QED) is 0.761. The van der Waals surface area contributed by atoms with Crippen LogP contribution < -0.4 is 24.3 Å². The first-order valence-corrected chi connectivity index (χ1v) is 8.70. The molecule has 2 aromatic carbocycles. The molecule has 6 heteroatoms. The second kappa shape index (κ2) is 9.16. The van der Waals surface area contributed by atoms with Gasteiger partial charge in [-0.05, 0) is 23.6 Å². The number of ether oxygens (including phenoxy) is 4. The number of carbonyl (C=O) groups excluding carboxylic acids is 1. The molecule has 2 rings (SSSR count). The molecule has 0 radical (unpaired) electrons. The summed E-state index contributed by atoms with van der Waals surface area (Å²) in [5.74, 6) is 2.10. The van der Waals surface area contributed by atoms with Gasteiger partial charge in [-0.3, -0.25) is 4.79 Å². The zero-order valence-corrected chi connectivity index (χ0v) is 16.7. The van der Waals surface area contributed by atoms with Crippen LogP contribution in [0.15, 0.2) is 36.4 Å². The van der Waals surface area contributed by atoms with Crippen LogP contribution in [-0.4, -0.2) is 34.3 Å². The van der Waals surface area contributed by atoms with Gasteiger partial charge in [0.05, 0.1) is 40.0 Å². The average Bonchev–Trinajstić information content (AvgIpc) is 2.70. The van der Waals surface area contributed by atoms with E-state index in [2.05, 4.69) is 19.2 Å². The van der Waals surface area contributed by atoms with Gasteiger partial charge in [0.25, 0.3) is 5.91 Å². The molecule has 0 aliphatic carbocycles. The lowest BCUT2D eigenvalue weighted by molar-refractivity contribution is 0.0922. The van der Waals surface area contributed by atoms with Crippen LogP contribution in [0.1, 0.15) is 35.8 Å². The molecule has 2 aromatic rings. The van der Waals surface area contributed by atoms with Crippen molar-refractivity contribution in [1.82, 2.24) is 5.32 Å². The largest absolute Gasteiger partial charge is 0.497 e. The van der Waals surface area contributed by atoms with Crippen molar-refractivity contribution in [2.75, 3.05) is 28.4 Å². The van der Waals surface area contributed by atoms with E-state index >= 15 is 0 Å². The molecule has 0 spiro atoms. The van der Waals surface area contributed by atoms with Crippen molar-refractivity contribution < 1.29 is 23.7 Å². The van der Waals surface area contributed by atoms with Gasteiger partial charge in [-0.1, -0.05) is 26.0 Å². The fraction of sp³-hybridized carbons (Fsp3) is 0.381. The highest BCUT2D eigenvalue weighted by Crippen LogP contribution is 2.35. The highest BCUT2D eigenvalue weighted by molar-refractivity contribution is 5.98. The van der Waals surface area contributed by atoms with E-state index in [1.165, 1.54) is 21.3 Å². The lowest BCUT2D eigenvalue weighted by Crippen LogP contribution is -2.32. The van der Waals surface area contributed by atoms with Gasteiger partial charge >= 0.3 is 0 Å². The van der Waals surface area contributed by atoms with Crippen LogP contribution in [0.25, 0.3) is 0 Å². The van der Waals surface area contributed by atoms with Crippen LogP contribution in [0, 0.1) is 5.92 Å². The van der Waals surface area contributed by atoms with E-state index in [0.29, 0.717) is 22.8 Å². The molecule has 1 atom stereocenters. The SMILES string of the molecule is COc1ccc([C@H](NC(=O)c2cc(OC)c(OC)cc2OC)C(C)C)cc1. The number of methoxy groups -OCH3 is 4. The number of amides is 1. The lowest BCUT2D eigenvalue weighted by atomic mass is 9.95. The van der Waals surface area contributed by atoms with E-state index in [0.717, 1.165) is 11.3 Å². The molecule has 6 nitrogen and oxygen atoms in total. The Morgan fingerprint density at radius 1 is 0.815 bits per heavy atom. The first-order chi connectivity index (χ1) is 12.9. The molecular formula is C21H27NO5. The number of benzene rings is 2. The van der Waals surface area contributed by atoms with Crippen molar-refractivity contribution in [3.8, 4) is 23.0 Å². The number of nitrogens with one attached hydrogen (secondary N) is 1. The molecular weight excluding hydrogens is 346 g/mol. The Kier molecular flexibility index (Phi) is 6.93. The third kappa shape index (κ3) is 4.64. The standard InChI is InChI=1S/C21H27NO5/c1-13(2)20(14-7-9-15(24-3)10-8-14)22-21(23)16-11-18(26-5)19(27-6)12-17(16)25-4/h7-13,20H,1-6H3,(H,22,23)/t20-/m1/s1. The lowest BCUT2D eigenvalue weighted by Gasteiger charge is -2.24. The molecule has 0 bridgehead atoms. The summed E-state index contributed by atoms with van der Waals surface area (Å²) in [6.45, 7) is 4.11. The fourth-order valence-corrected chi connectivity index (χ4v) is 2.87. The van der Waals surface area contributed by atoms with Crippen molar-refractivity contribution in [2.24, 2.45) is 5.92 Å². The summed E-state index contributed by atoms with van der Waals surface area (Å²) in [4.78, 5) is 13.0. The third-order valence-corrected chi connectivity index (χ3v) is 4.38. The number of hydrogen-bond donors (Lipinski definition) is 1. The van der Waals surface area contributed by atoms with E-state index in [1.807, 2.05) is 24.3 Å².